The Hall–Kier alpha value is -4.95. The minimum atomic E-state index is -3.69. The molecule has 0 unspecified atom stereocenters. The topological polar surface area (TPSA) is 86.8 Å². The molecule has 2 amide bonds. The zero-order valence-corrected chi connectivity index (χ0v) is 25.0. The van der Waals surface area contributed by atoms with Crippen molar-refractivity contribution in [2.75, 3.05) is 21.6 Å². The number of benzene rings is 5. The number of hydrogen-bond donors (Lipinski definition) is 1. The number of para-hydroxylation sites is 1. The summed E-state index contributed by atoms with van der Waals surface area (Å²) in [5.41, 5.74) is 6.69. The molecule has 0 aliphatic carbocycles. The molecule has 1 aliphatic rings. The summed E-state index contributed by atoms with van der Waals surface area (Å²) >= 11 is 0. The van der Waals surface area contributed by atoms with E-state index in [0.29, 0.717) is 22.7 Å². The number of hydrogen-bond acceptors (Lipinski definition) is 4. The molecule has 0 saturated heterocycles. The molecule has 1 N–H and O–H groups in total. The summed E-state index contributed by atoms with van der Waals surface area (Å²) in [5, 5.41) is 4.74. The normalized spacial score (nSPS) is 13.4. The lowest BCUT2D eigenvalue weighted by atomic mass is 10.0. The van der Waals surface area contributed by atoms with Crippen LogP contribution in [0.2, 0.25) is 0 Å². The summed E-state index contributed by atoms with van der Waals surface area (Å²) in [7, 11) is -2.11. The number of anilines is 4. The molecule has 6 rings (SSSR count). The summed E-state index contributed by atoms with van der Waals surface area (Å²) in [5.74, 6) is -0.805. The fourth-order valence-corrected chi connectivity index (χ4v) is 6.95. The Morgan fingerprint density at radius 3 is 2.33 bits per heavy atom. The zero-order valence-electron chi connectivity index (χ0n) is 24.2. The van der Waals surface area contributed by atoms with Gasteiger partial charge in [0.1, 0.15) is 6.42 Å². The van der Waals surface area contributed by atoms with E-state index in [1.54, 1.807) is 18.0 Å². The monoisotopic (exact) mass is 589 g/mol. The first-order valence-corrected chi connectivity index (χ1v) is 15.6. The second kappa shape index (κ2) is 11.0. The number of carbonyl (C=O) groups excluding carboxylic acids is 2. The molecule has 0 atom stereocenters. The van der Waals surface area contributed by atoms with Gasteiger partial charge in [0, 0.05) is 23.7 Å². The maximum Gasteiger partial charge on any atom is 0.241 e. The maximum absolute atomic E-state index is 13.6. The van der Waals surface area contributed by atoms with Gasteiger partial charge in [-0.1, -0.05) is 78.9 Å². The van der Waals surface area contributed by atoms with Crippen LogP contribution in [0.1, 0.15) is 23.1 Å². The third-order valence-corrected chi connectivity index (χ3v) is 9.83. The molecule has 0 aromatic heterocycles. The molecule has 216 valence electrons. The summed E-state index contributed by atoms with van der Waals surface area (Å²) in [6.07, 6.45) is -0.281. The minimum Gasteiger partial charge on any atom is -0.323 e. The Bertz CT molecular complexity index is 2000. The van der Waals surface area contributed by atoms with Gasteiger partial charge in [-0.2, -0.15) is 0 Å². The Morgan fingerprint density at radius 2 is 1.53 bits per heavy atom. The fourth-order valence-electron chi connectivity index (χ4n) is 5.59. The molecule has 1 heterocycles. The van der Waals surface area contributed by atoms with Gasteiger partial charge in [-0.25, -0.2) is 8.42 Å². The molecule has 8 heteroatoms. The zero-order chi connectivity index (χ0) is 30.3. The highest BCUT2D eigenvalue weighted by Crippen LogP contribution is 2.41. The molecule has 7 nitrogen and oxygen atoms in total. The van der Waals surface area contributed by atoms with E-state index in [2.05, 4.69) is 5.32 Å². The highest BCUT2D eigenvalue weighted by atomic mass is 32.2. The first kappa shape index (κ1) is 28.2. The first-order valence-electron chi connectivity index (χ1n) is 14.0. The van der Waals surface area contributed by atoms with Crippen molar-refractivity contribution in [3.63, 3.8) is 0 Å². The van der Waals surface area contributed by atoms with Gasteiger partial charge in [0.05, 0.1) is 22.8 Å². The summed E-state index contributed by atoms with van der Waals surface area (Å²) in [4.78, 5) is 27.5. The number of nitrogens with one attached hydrogen (secondary N) is 1. The van der Waals surface area contributed by atoms with Crippen molar-refractivity contribution < 1.29 is 18.0 Å². The van der Waals surface area contributed by atoms with Gasteiger partial charge in [-0.05, 0) is 65.8 Å². The highest BCUT2D eigenvalue weighted by Gasteiger charge is 2.29. The van der Waals surface area contributed by atoms with Crippen molar-refractivity contribution in [3.05, 3.63) is 120 Å². The largest absolute Gasteiger partial charge is 0.323 e. The second-order valence-electron chi connectivity index (χ2n) is 10.8. The molecule has 1 aliphatic heterocycles. The molecule has 0 bridgehead atoms. The number of fused-ring (bicyclic) bond motifs is 3. The standard InChI is InChI=1S/C35H31N3O4S/c1-23-9-8-11-27(24(23)2)22-43(41,42)37(3)31-14-7-6-12-29(31)26-15-18-28(19-16-26)38-32-20-17-25-10-4-5-13-30(25)35(32)36-33(39)21-34(38)40/h4-20H,21-22H2,1-3H3,(H,36,39). The van der Waals surface area contributed by atoms with Gasteiger partial charge < -0.3 is 5.32 Å². The molecule has 43 heavy (non-hydrogen) atoms. The number of nitrogens with zero attached hydrogens (tertiary/aromatic N) is 2. The fraction of sp³-hybridized carbons (Fsp3) is 0.143. The van der Waals surface area contributed by atoms with Crippen LogP contribution in [0.15, 0.2) is 103 Å². The molecule has 0 radical (unpaired) electrons. The molecule has 0 fully saturated rings. The number of sulfonamides is 1. The van der Waals surface area contributed by atoms with E-state index in [4.69, 9.17) is 0 Å². The third-order valence-electron chi connectivity index (χ3n) is 8.13. The van der Waals surface area contributed by atoms with E-state index in [1.165, 1.54) is 4.31 Å². The Labute approximate surface area is 251 Å². The average molecular weight is 590 g/mol. The predicted octanol–water partition coefficient (Wildman–Crippen LogP) is 7.10. The van der Waals surface area contributed by atoms with Crippen LogP contribution in [-0.2, 0) is 25.4 Å². The Morgan fingerprint density at radius 1 is 0.814 bits per heavy atom. The summed E-state index contributed by atoms with van der Waals surface area (Å²) in [6, 6.07) is 32.0. The quantitative estimate of drug-likeness (QED) is 0.214. The molecular weight excluding hydrogens is 558 g/mol. The third kappa shape index (κ3) is 5.26. The van der Waals surface area contributed by atoms with Gasteiger partial charge in [-0.3, -0.25) is 18.8 Å². The van der Waals surface area contributed by atoms with E-state index in [0.717, 1.165) is 38.6 Å². The molecule has 5 aromatic carbocycles. The predicted molar refractivity (Wildman–Crippen MR) is 173 cm³/mol. The number of amides is 2. The maximum atomic E-state index is 13.6. The van der Waals surface area contributed by atoms with Gasteiger partial charge >= 0.3 is 0 Å². The number of aryl methyl sites for hydroxylation is 1. The average Bonchev–Trinajstić information content (AvgIpc) is 3.13. The first-order chi connectivity index (χ1) is 20.6. The SMILES string of the molecule is Cc1cccc(CS(=O)(=O)N(C)c2ccccc2-c2ccc(N3C(=O)CC(=O)Nc4c3ccc3ccccc43)cc2)c1C. The van der Waals surface area contributed by atoms with E-state index >= 15 is 0 Å². The van der Waals surface area contributed by atoms with Crippen molar-refractivity contribution in [2.24, 2.45) is 0 Å². The number of carbonyl (C=O) groups is 2. The van der Waals surface area contributed by atoms with E-state index < -0.39 is 10.0 Å². The molecule has 0 spiro atoms. The van der Waals surface area contributed by atoms with E-state index in [-0.39, 0.29) is 24.0 Å². The van der Waals surface area contributed by atoms with Gasteiger partial charge in [-0.15, -0.1) is 0 Å². The minimum absolute atomic E-state index is 0.109. The van der Waals surface area contributed by atoms with Crippen LogP contribution in [0.5, 0.6) is 0 Å². The van der Waals surface area contributed by atoms with Crippen LogP contribution in [0.25, 0.3) is 21.9 Å². The van der Waals surface area contributed by atoms with Crippen LogP contribution in [0.4, 0.5) is 22.7 Å². The van der Waals surface area contributed by atoms with Crippen molar-refractivity contribution in [2.45, 2.75) is 26.0 Å². The van der Waals surface area contributed by atoms with Crippen LogP contribution in [0.3, 0.4) is 0 Å². The van der Waals surface area contributed by atoms with Crippen LogP contribution < -0.4 is 14.5 Å². The summed E-state index contributed by atoms with van der Waals surface area (Å²) in [6.45, 7) is 3.92. The Kier molecular flexibility index (Phi) is 7.23. The lowest BCUT2D eigenvalue weighted by molar-refractivity contribution is -0.124. The van der Waals surface area contributed by atoms with Crippen molar-refractivity contribution in [1.29, 1.82) is 0 Å². The van der Waals surface area contributed by atoms with Crippen LogP contribution >= 0.6 is 0 Å². The van der Waals surface area contributed by atoms with Gasteiger partial charge in [0.15, 0.2) is 0 Å². The number of rotatable bonds is 6. The van der Waals surface area contributed by atoms with Gasteiger partial charge in [0.2, 0.25) is 21.8 Å². The lowest BCUT2D eigenvalue weighted by Gasteiger charge is -2.25. The second-order valence-corrected chi connectivity index (χ2v) is 12.8. The van der Waals surface area contributed by atoms with Crippen molar-refractivity contribution >= 4 is 55.4 Å². The van der Waals surface area contributed by atoms with E-state index in [9.17, 15) is 18.0 Å². The van der Waals surface area contributed by atoms with Crippen molar-refractivity contribution in [1.82, 2.24) is 0 Å². The molecular formula is C35H31N3O4S. The highest BCUT2D eigenvalue weighted by molar-refractivity contribution is 7.92. The summed E-state index contributed by atoms with van der Waals surface area (Å²) < 4.78 is 28.5. The molecule has 0 saturated carbocycles. The van der Waals surface area contributed by atoms with E-state index in [1.807, 2.05) is 111 Å². The van der Waals surface area contributed by atoms with Crippen molar-refractivity contribution in [3.8, 4) is 11.1 Å². The smallest absolute Gasteiger partial charge is 0.241 e. The lowest BCUT2D eigenvalue weighted by Crippen LogP contribution is -2.28. The molecule has 5 aromatic rings. The van der Waals surface area contributed by atoms with Gasteiger partial charge in [0.25, 0.3) is 0 Å². The van der Waals surface area contributed by atoms with Crippen LogP contribution in [-0.4, -0.2) is 27.3 Å². The Balaban J connectivity index is 1.35. The van der Waals surface area contributed by atoms with Crippen LogP contribution in [0, 0.1) is 13.8 Å².